The van der Waals surface area contributed by atoms with Crippen LogP contribution in [0.25, 0.3) is 0 Å². The molecule has 1 N–H and O–H groups in total. The molecule has 0 unspecified atom stereocenters. The predicted octanol–water partition coefficient (Wildman–Crippen LogP) is 3.57. The Kier molecular flexibility index (Phi) is 5.25. The second-order valence-electron chi connectivity index (χ2n) is 5.43. The quantitative estimate of drug-likeness (QED) is 0.840. The molecule has 6 heteroatoms. The molecule has 4 nitrogen and oxygen atoms in total. The lowest BCUT2D eigenvalue weighted by Crippen LogP contribution is -2.28. The lowest BCUT2D eigenvalue weighted by Gasteiger charge is -2.18. The van der Waals surface area contributed by atoms with Gasteiger partial charge in [0.15, 0.2) is 11.5 Å². The van der Waals surface area contributed by atoms with Gasteiger partial charge in [0.2, 0.25) is 5.91 Å². The highest BCUT2D eigenvalue weighted by Gasteiger charge is 2.14. The number of rotatable bonds is 5. The van der Waals surface area contributed by atoms with Gasteiger partial charge in [-0.25, -0.2) is 4.39 Å². The molecule has 2 aromatic carbocycles. The Morgan fingerprint density at radius 3 is 2.62 bits per heavy atom. The van der Waals surface area contributed by atoms with E-state index in [9.17, 15) is 9.18 Å². The largest absolute Gasteiger partial charge is 0.486 e. The summed E-state index contributed by atoms with van der Waals surface area (Å²) in [4.78, 5) is 13.0. The summed E-state index contributed by atoms with van der Waals surface area (Å²) in [7, 11) is 0. The van der Waals surface area contributed by atoms with E-state index >= 15 is 0 Å². The molecule has 1 atom stereocenters. The van der Waals surface area contributed by atoms with E-state index in [4.69, 9.17) is 9.47 Å². The van der Waals surface area contributed by atoms with Crippen LogP contribution in [0.15, 0.2) is 47.4 Å². The molecule has 1 amide bonds. The number of benzene rings is 2. The first-order chi connectivity index (χ1) is 11.6. The van der Waals surface area contributed by atoms with Crippen molar-refractivity contribution in [2.24, 2.45) is 0 Å². The standard InChI is InChI=1S/C18H18FNO3S/c1-12(13-2-4-14(19)5-3-13)20-18(21)11-24-15-6-7-16-17(10-15)23-9-8-22-16/h2-7,10,12H,8-9,11H2,1H3,(H,20,21)/t12-/m1/s1. The van der Waals surface area contributed by atoms with Crippen molar-refractivity contribution in [1.82, 2.24) is 5.32 Å². The van der Waals surface area contributed by atoms with Crippen molar-refractivity contribution in [2.75, 3.05) is 19.0 Å². The molecule has 1 aliphatic rings. The molecule has 1 heterocycles. The van der Waals surface area contributed by atoms with Gasteiger partial charge in [-0.15, -0.1) is 11.8 Å². The monoisotopic (exact) mass is 347 g/mol. The maximum Gasteiger partial charge on any atom is 0.230 e. The van der Waals surface area contributed by atoms with Gasteiger partial charge in [-0.1, -0.05) is 12.1 Å². The molecule has 0 saturated carbocycles. The molecule has 0 saturated heterocycles. The van der Waals surface area contributed by atoms with Crippen molar-refractivity contribution in [3.05, 3.63) is 53.8 Å². The normalized spacial score (nSPS) is 14.1. The summed E-state index contributed by atoms with van der Waals surface area (Å²) in [6.07, 6.45) is 0. The smallest absolute Gasteiger partial charge is 0.230 e. The van der Waals surface area contributed by atoms with Crippen molar-refractivity contribution in [1.29, 1.82) is 0 Å². The summed E-state index contributed by atoms with van der Waals surface area (Å²) in [5.41, 5.74) is 0.870. The Labute approximate surface area is 144 Å². The minimum Gasteiger partial charge on any atom is -0.486 e. The van der Waals surface area contributed by atoms with E-state index in [2.05, 4.69) is 5.32 Å². The zero-order chi connectivity index (χ0) is 16.9. The van der Waals surface area contributed by atoms with Gasteiger partial charge in [-0.05, 0) is 42.8 Å². The van der Waals surface area contributed by atoms with Gasteiger partial charge in [-0.3, -0.25) is 4.79 Å². The Morgan fingerprint density at radius 1 is 1.17 bits per heavy atom. The molecular weight excluding hydrogens is 329 g/mol. The summed E-state index contributed by atoms with van der Waals surface area (Å²) in [6, 6.07) is 11.6. The summed E-state index contributed by atoms with van der Waals surface area (Å²) in [6.45, 7) is 2.97. The van der Waals surface area contributed by atoms with Gasteiger partial charge in [0.05, 0.1) is 11.8 Å². The van der Waals surface area contributed by atoms with Crippen molar-refractivity contribution in [3.8, 4) is 11.5 Å². The Morgan fingerprint density at radius 2 is 1.88 bits per heavy atom. The topological polar surface area (TPSA) is 47.6 Å². The van der Waals surface area contributed by atoms with Crippen LogP contribution in [-0.4, -0.2) is 24.9 Å². The third-order valence-corrected chi connectivity index (χ3v) is 4.62. The maximum absolute atomic E-state index is 12.9. The molecule has 3 rings (SSSR count). The highest BCUT2D eigenvalue weighted by Crippen LogP contribution is 2.34. The third kappa shape index (κ3) is 4.20. The minimum absolute atomic E-state index is 0.0771. The molecule has 24 heavy (non-hydrogen) atoms. The van der Waals surface area contributed by atoms with Crippen LogP contribution in [0.1, 0.15) is 18.5 Å². The van der Waals surface area contributed by atoms with E-state index in [1.807, 2.05) is 25.1 Å². The van der Waals surface area contributed by atoms with Crippen LogP contribution in [0.3, 0.4) is 0 Å². The van der Waals surface area contributed by atoms with Crippen molar-refractivity contribution in [2.45, 2.75) is 17.9 Å². The van der Waals surface area contributed by atoms with Gasteiger partial charge in [-0.2, -0.15) is 0 Å². The molecule has 0 radical (unpaired) electrons. The van der Waals surface area contributed by atoms with Crippen LogP contribution < -0.4 is 14.8 Å². The van der Waals surface area contributed by atoms with E-state index in [1.54, 1.807) is 12.1 Å². The number of thioether (sulfide) groups is 1. The molecule has 0 aliphatic carbocycles. The first-order valence-electron chi connectivity index (χ1n) is 7.69. The van der Waals surface area contributed by atoms with E-state index in [0.717, 1.165) is 16.2 Å². The highest BCUT2D eigenvalue weighted by atomic mass is 32.2. The molecular formula is C18H18FNO3S. The molecule has 0 fully saturated rings. The molecule has 126 valence electrons. The average molecular weight is 347 g/mol. The fourth-order valence-electron chi connectivity index (χ4n) is 2.38. The van der Waals surface area contributed by atoms with E-state index < -0.39 is 0 Å². The van der Waals surface area contributed by atoms with Gasteiger partial charge in [0, 0.05) is 4.90 Å². The minimum atomic E-state index is -0.286. The summed E-state index contributed by atoms with van der Waals surface area (Å²) < 4.78 is 23.9. The number of amides is 1. The Balaban J connectivity index is 1.52. The van der Waals surface area contributed by atoms with Crippen molar-refractivity contribution in [3.63, 3.8) is 0 Å². The molecule has 2 aromatic rings. The van der Waals surface area contributed by atoms with Crippen LogP contribution in [0.4, 0.5) is 4.39 Å². The fourth-order valence-corrected chi connectivity index (χ4v) is 3.12. The molecule has 0 spiro atoms. The first-order valence-corrected chi connectivity index (χ1v) is 8.67. The Hall–Kier alpha value is -2.21. The van der Waals surface area contributed by atoms with Gasteiger partial charge >= 0.3 is 0 Å². The summed E-state index contributed by atoms with van der Waals surface area (Å²) in [5, 5.41) is 2.91. The number of ether oxygens (including phenoxy) is 2. The van der Waals surface area contributed by atoms with Crippen LogP contribution in [0.2, 0.25) is 0 Å². The van der Waals surface area contributed by atoms with Gasteiger partial charge in [0.1, 0.15) is 19.0 Å². The number of carbonyl (C=O) groups excluding carboxylic acids is 1. The first kappa shape index (κ1) is 16.6. The number of hydrogen-bond donors (Lipinski definition) is 1. The second kappa shape index (κ2) is 7.57. The van der Waals surface area contributed by atoms with Crippen LogP contribution >= 0.6 is 11.8 Å². The van der Waals surface area contributed by atoms with Crippen LogP contribution in [0, 0.1) is 5.82 Å². The zero-order valence-electron chi connectivity index (χ0n) is 13.3. The predicted molar refractivity (Wildman–Crippen MR) is 91.1 cm³/mol. The zero-order valence-corrected chi connectivity index (χ0v) is 14.1. The Bertz CT molecular complexity index is 721. The molecule has 0 aromatic heterocycles. The third-order valence-electron chi connectivity index (χ3n) is 3.63. The van der Waals surface area contributed by atoms with Gasteiger partial charge < -0.3 is 14.8 Å². The second-order valence-corrected chi connectivity index (χ2v) is 6.48. The summed E-state index contributed by atoms with van der Waals surface area (Å²) >= 11 is 1.43. The van der Waals surface area contributed by atoms with Crippen molar-refractivity contribution >= 4 is 17.7 Å². The number of fused-ring (bicyclic) bond motifs is 1. The van der Waals surface area contributed by atoms with E-state index in [0.29, 0.717) is 24.7 Å². The molecule has 0 bridgehead atoms. The van der Waals surface area contributed by atoms with Gasteiger partial charge in [0.25, 0.3) is 0 Å². The number of hydrogen-bond acceptors (Lipinski definition) is 4. The maximum atomic E-state index is 12.9. The number of halogens is 1. The SMILES string of the molecule is C[C@@H](NC(=O)CSc1ccc2c(c1)OCCO2)c1ccc(F)cc1. The van der Waals surface area contributed by atoms with Crippen LogP contribution in [-0.2, 0) is 4.79 Å². The highest BCUT2D eigenvalue weighted by molar-refractivity contribution is 8.00. The lowest BCUT2D eigenvalue weighted by atomic mass is 10.1. The number of nitrogens with one attached hydrogen (secondary N) is 1. The van der Waals surface area contributed by atoms with Crippen LogP contribution in [0.5, 0.6) is 11.5 Å². The average Bonchev–Trinajstić information content (AvgIpc) is 2.60. The fraction of sp³-hybridized carbons (Fsp3) is 0.278. The summed E-state index contributed by atoms with van der Waals surface area (Å²) in [5.74, 6) is 1.38. The molecule has 1 aliphatic heterocycles. The number of carbonyl (C=O) groups is 1. The van der Waals surface area contributed by atoms with E-state index in [-0.39, 0.29) is 17.8 Å². The van der Waals surface area contributed by atoms with E-state index in [1.165, 1.54) is 23.9 Å². The lowest BCUT2D eigenvalue weighted by molar-refractivity contribution is -0.119. The van der Waals surface area contributed by atoms with Crippen molar-refractivity contribution < 1.29 is 18.7 Å².